The quantitative estimate of drug-likeness (QED) is 0.825. The molecule has 0 fully saturated rings. The lowest BCUT2D eigenvalue weighted by Gasteiger charge is -2.22. The molecule has 2 rings (SSSR count). The molecule has 0 atom stereocenters. The number of rotatable bonds is 5. The Kier molecular flexibility index (Phi) is 5.18. The summed E-state index contributed by atoms with van der Waals surface area (Å²) in [6.45, 7) is 3.04. The molecule has 0 aliphatic rings. The SMILES string of the molecule is COc1ccc(NC(=O)C(C)(C)C(=O)Nc2ccc(F)cc2)cc1. The van der Waals surface area contributed by atoms with Crippen molar-refractivity contribution < 1.29 is 18.7 Å². The number of nitrogens with one attached hydrogen (secondary N) is 2. The van der Waals surface area contributed by atoms with E-state index in [9.17, 15) is 14.0 Å². The normalized spacial score (nSPS) is 10.8. The Balaban J connectivity index is 2.05. The van der Waals surface area contributed by atoms with Gasteiger partial charge in [0, 0.05) is 11.4 Å². The molecule has 6 heteroatoms. The minimum atomic E-state index is -1.31. The van der Waals surface area contributed by atoms with Crippen molar-refractivity contribution in [3.63, 3.8) is 0 Å². The van der Waals surface area contributed by atoms with Crippen LogP contribution < -0.4 is 15.4 Å². The van der Waals surface area contributed by atoms with Crippen LogP contribution in [0.2, 0.25) is 0 Å². The van der Waals surface area contributed by atoms with E-state index in [1.807, 2.05) is 0 Å². The monoisotopic (exact) mass is 330 g/mol. The molecule has 2 aromatic rings. The Hall–Kier alpha value is -2.89. The van der Waals surface area contributed by atoms with Gasteiger partial charge in [-0.1, -0.05) is 0 Å². The summed E-state index contributed by atoms with van der Waals surface area (Å²) in [5.41, 5.74) is -0.330. The second-order valence-corrected chi connectivity index (χ2v) is 5.77. The number of carbonyl (C=O) groups is 2. The second kappa shape index (κ2) is 7.12. The molecule has 0 saturated heterocycles. The molecule has 24 heavy (non-hydrogen) atoms. The predicted molar refractivity (Wildman–Crippen MR) is 90.4 cm³/mol. The minimum absolute atomic E-state index is 0.399. The number of benzene rings is 2. The Morgan fingerprint density at radius 3 is 1.71 bits per heavy atom. The third kappa shape index (κ3) is 4.10. The number of methoxy groups -OCH3 is 1. The highest BCUT2D eigenvalue weighted by Gasteiger charge is 2.36. The largest absolute Gasteiger partial charge is 0.497 e. The van der Waals surface area contributed by atoms with Crippen molar-refractivity contribution >= 4 is 23.2 Å². The predicted octanol–water partition coefficient (Wildman–Crippen LogP) is 3.44. The lowest BCUT2D eigenvalue weighted by molar-refractivity contribution is -0.135. The second-order valence-electron chi connectivity index (χ2n) is 5.77. The van der Waals surface area contributed by atoms with E-state index in [0.29, 0.717) is 17.1 Å². The molecule has 2 aromatic carbocycles. The minimum Gasteiger partial charge on any atom is -0.497 e. The van der Waals surface area contributed by atoms with Crippen molar-refractivity contribution in [3.8, 4) is 5.75 Å². The number of carbonyl (C=O) groups excluding carboxylic acids is 2. The van der Waals surface area contributed by atoms with Crippen molar-refractivity contribution in [3.05, 3.63) is 54.3 Å². The molecule has 0 aromatic heterocycles. The number of amides is 2. The first-order chi connectivity index (χ1) is 11.3. The summed E-state index contributed by atoms with van der Waals surface area (Å²) in [4.78, 5) is 24.8. The summed E-state index contributed by atoms with van der Waals surface area (Å²) in [5.74, 6) is -0.668. The molecule has 0 spiro atoms. The summed E-state index contributed by atoms with van der Waals surface area (Å²) in [7, 11) is 1.55. The lowest BCUT2D eigenvalue weighted by atomic mass is 9.90. The highest BCUT2D eigenvalue weighted by Crippen LogP contribution is 2.23. The average Bonchev–Trinajstić information content (AvgIpc) is 2.57. The Bertz CT molecular complexity index is 725. The van der Waals surface area contributed by atoms with Gasteiger partial charge in [-0.15, -0.1) is 0 Å². The molecule has 0 aliphatic heterocycles. The summed E-state index contributed by atoms with van der Waals surface area (Å²) >= 11 is 0. The van der Waals surface area contributed by atoms with E-state index >= 15 is 0 Å². The summed E-state index contributed by atoms with van der Waals surface area (Å²) in [5, 5.41) is 5.30. The van der Waals surface area contributed by atoms with E-state index in [1.165, 1.54) is 38.1 Å². The van der Waals surface area contributed by atoms with Crippen molar-refractivity contribution in [1.29, 1.82) is 0 Å². The Labute approximate surface area is 139 Å². The van der Waals surface area contributed by atoms with E-state index in [1.54, 1.807) is 31.4 Å². The molecule has 0 saturated carbocycles. The van der Waals surface area contributed by atoms with E-state index in [-0.39, 0.29) is 0 Å². The van der Waals surface area contributed by atoms with Gasteiger partial charge in [0.1, 0.15) is 17.0 Å². The molecular formula is C18H19FN2O3. The maximum Gasteiger partial charge on any atom is 0.239 e. The van der Waals surface area contributed by atoms with Gasteiger partial charge in [0.15, 0.2) is 0 Å². The van der Waals surface area contributed by atoms with Gasteiger partial charge >= 0.3 is 0 Å². The molecule has 2 N–H and O–H groups in total. The fourth-order valence-electron chi connectivity index (χ4n) is 1.89. The first kappa shape index (κ1) is 17.5. The zero-order chi connectivity index (χ0) is 17.7. The molecule has 5 nitrogen and oxygen atoms in total. The highest BCUT2D eigenvalue weighted by molar-refractivity contribution is 6.13. The lowest BCUT2D eigenvalue weighted by Crippen LogP contribution is -2.41. The van der Waals surface area contributed by atoms with Gasteiger partial charge < -0.3 is 15.4 Å². The van der Waals surface area contributed by atoms with Crippen molar-refractivity contribution in [2.24, 2.45) is 5.41 Å². The van der Waals surface area contributed by atoms with Crippen molar-refractivity contribution in [1.82, 2.24) is 0 Å². The summed E-state index contributed by atoms with van der Waals surface area (Å²) < 4.78 is 17.9. The van der Waals surface area contributed by atoms with Crippen molar-refractivity contribution in [2.45, 2.75) is 13.8 Å². The molecule has 0 bridgehead atoms. The van der Waals surface area contributed by atoms with Crippen LogP contribution in [0.15, 0.2) is 48.5 Å². The van der Waals surface area contributed by atoms with Crippen LogP contribution in [-0.4, -0.2) is 18.9 Å². The van der Waals surface area contributed by atoms with Gasteiger partial charge in [0.2, 0.25) is 11.8 Å². The van der Waals surface area contributed by atoms with Gasteiger partial charge in [0.25, 0.3) is 0 Å². The van der Waals surface area contributed by atoms with Crippen LogP contribution in [-0.2, 0) is 9.59 Å². The van der Waals surface area contributed by atoms with Crippen LogP contribution in [0.25, 0.3) is 0 Å². The number of ether oxygens (including phenoxy) is 1. The molecule has 2 amide bonds. The van der Waals surface area contributed by atoms with Crippen LogP contribution in [0, 0.1) is 11.2 Å². The topological polar surface area (TPSA) is 67.4 Å². The van der Waals surface area contributed by atoms with Crippen LogP contribution in [0.3, 0.4) is 0 Å². The van der Waals surface area contributed by atoms with Gasteiger partial charge in [0.05, 0.1) is 7.11 Å². The van der Waals surface area contributed by atoms with Crippen molar-refractivity contribution in [2.75, 3.05) is 17.7 Å². The van der Waals surface area contributed by atoms with Gasteiger partial charge in [-0.2, -0.15) is 0 Å². The van der Waals surface area contributed by atoms with Gasteiger partial charge in [-0.25, -0.2) is 4.39 Å². The highest BCUT2D eigenvalue weighted by atomic mass is 19.1. The smallest absolute Gasteiger partial charge is 0.239 e. The molecule has 126 valence electrons. The van der Waals surface area contributed by atoms with Crippen LogP contribution in [0.4, 0.5) is 15.8 Å². The summed E-state index contributed by atoms with van der Waals surface area (Å²) in [6, 6.07) is 12.1. The van der Waals surface area contributed by atoms with E-state index in [4.69, 9.17) is 4.74 Å². The first-order valence-corrected chi connectivity index (χ1v) is 7.35. The maximum atomic E-state index is 12.9. The first-order valence-electron chi connectivity index (χ1n) is 7.35. The number of halogens is 1. The fraction of sp³-hybridized carbons (Fsp3) is 0.222. The Morgan fingerprint density at radius 1 is 0.875 bits per heavy atom. The molecule has 0 unspecified atom stereocenters. The zero-order valence-electron chi connectivity index (χ0n) is 13.7. The van der Waals surface area contributed by atoms with Gasteiger partial charge in [-0.05, 0) is 62.4 Å². The fourth-order valence-corrected chi connectivity index (χ4v) is 1.89. The molecule has 0 heterocycles. The van der Waals surface area contributed by atoms with Gasteiger partial charge in [-0.3, -0.25) is 9.59 Å². The van der Waals surface area contributed by atoms with E-state index < -0.39 is 23.0 Å². The zero-order valence-corrected chi connectivity index (χ0v) is 13.7. The van der Waals surface area contributed by atoms with Crippen LogP contribution in [0.1, 0.15) is 13.8 Å². The average molecular weight is 330 g/mol. The van der Waals surface area contributed by atoms with E-state index in [2.05, 4.69) is 10.6 Å². The maximum absolute atomic E-state index is 12.9. The summed E-state index contributed by atoms with van der Waals surface area (Å²) in [6.07, 6.45) is 0. The molecule has 0 radical (unpaired) electrons. The third-order valence-corrected chi connectivity index (χ3v) is 3.59. The van der Waals surface area contributed by atoms with Crippen LogP contribution >= 0.6 is 0 Å². The number of hydrogen-bond acceptors (Lipinski definition) is 3. The molecule has 0 aliphatic carbocycles. The van der Waals surface area contributed by atoms with Crippen LogP contribution in [0.5, 0.6) is 5.75 Å². The Morgan fingerprint density at radius 2 is 1.29 bits per heavy atom. The standard InChI is InChI=1S/C18H19FN2O3/c1-18(2,16(22)20-13-6-4-12(19)5-7-13)17(23)21-14-8-10-15(24-3)11-9-14/h4-11H,1-3H3,(H,20,22)(H,21,23). The number of hydrogen-bond donors (Lipinski definition) is 2. The third-order valence-electron chi connectivity index (χ3n) is 3.59. The molecular weight excluding hydrogens is 311 g/mol. The van der Waals surface area contributed by atoms with E-state index in [0.717, 1.165) is 0 Å². The number of anilines is 2.